The Kier molecular flexibility index (Phi) is 5.96. The van der Waals surface area contributed by atoms with Crippen LogP contribution in [0.3, 0.4) is 0 Å². The van der Waals surface area contributed by atoms with Crippen LogP contribution in [0.4, 0.5) is 10.5 Å². The number of aryl methyl sites for hydroxylation is 2. The maximum atomic E-state index is 14.0. The van der Waals surface area contributed by atoms with E-state index in [-0.39, 0.29) is 12.1 Å². The smallest absolute Gasteiger partial charge is 0.322 e. The summed E-state index contributed by atoms with van der Waals surface area (Å²) < 4.78 is 9.68. The number of aromatic nitrogens is 3. The van der Waals surface area contributed by atoms with Crippen LogP contribution in [0, 0.1) is 13.8 Å². The molecule has 190 valence electrons. The number of hydrogen-bond acceptors (Lipinski definition) is 3. The number of hydrogen-bond donors (Lipinski definition) is 1. The van der Waals surface area contributed by atoms with Crippen molar-refractivity contribution in [3.63, 3.8) is 0 Å². The molecule has 6 rings (SSSR count). The Morgan fingerprint density at radius 3 is 2.55 bits per heavy atom. The lowest BCUT2D eigenvalue weighted by molar-refractivity contribution is 0.194. The molecule has 0 aliphatic carbocycles. The van der Waals surface area contributed by atoms with Gasteiger partial charge in [0, 0.05) is 17.4 Å². The van der Waals surface area contributed by atoms with E-state index in [0.29, 0.717) is 6.54 Å². The van der Waals surface area contributed by atoms with Gasteiger partial charge in [-0.05, 0) is 73.5 Å². The van der Waals surface area contributed by atoms with Crippen LogP contribution in [0.15, 0.2) is 97.2 Å². The first-order valence-electron chi connectivity index (χ1n) is 12.6. The molecule has 0 radical (unpaired) electrons. The van der Waals surface area contributed by atoms with Crippen molar-refractivity contribution in [2.75, 3.05) is 12.4 Å². The van der Waals surface area contributed by atoms with E-state index in [9.17, 15) is 4.79 Å². The number of anilines is 1. The third kappa shape index (κ3) is 4.12. The van der Waals surface area contributed by atoms with Crippen LogP contribution in [0.2, 0.25) is 0 Å². The number of ether oxygens (including phenoxy) is 1. The average molecular weight is 504 g/mol. The number of nitrogens with one attached hydrogen (secondary N) is 1. The molecule has 0 bridgehead atoms. The number of carbonyl (C=O) groups excluding carboxylic acids is 1. The summed E-state index contributed by atoms with van der Waals surface area (Å²) in [5.74, 6) is 1.68. The zero-order chi connectivity index (χ0) is 26.2. The molecular formula is C31H29N5O2. The molecule has 0 saturated heterocycles. The molecule has 1 N–H and O–H groups in total. The van der Waals surface area contributed by atoms with Gasteiger partial charge in [-0.25, -0.2) is 9.48 Å². The van der Waals surface area contributed by atoms with E-state index in [1.807, 2.05) is 115 Å². The lowest BCUT2D eigenvalue weighted by Gasteiger charge is -2.31. The maximum Gasteiger partial charge on any atom is 0.322 e. The molecule has 5 aromatic rings. The predicted octanol–water partition coefficient (Wildman–Crippen LogP) is 6.43. The Bertz CT molecular complexity index is 1620. The summed E-state index contributed by atoms with van der Waals surface area (Å²) in [7, 11) is 1.66. The Labute approximate surface area is 221 Å². The number of para-hydroxylation sites is 1. The molecule has 1 aliphatic rings. The number of benzene rings is 3. The highest BCUT2D eigenvalue weighted by Crippen LogP contribution is 2.39. The summed E-state index contributed by atoms with van der Waals surface area (Å²) >= 11 is 0. The van der Waals surface area contributed by atoms with E-state index in [1.165, 1.54) is 0 Å². The van der Waals surface area contributed by atoms with Gasteiger partial charge in [-0.2, -0.15) is 5.10 Å². The van der Waals surface area contributed by atoms with Crippen LogP contribution < -0.4 is 10.1 Å². The number of carbonyl (C=O) groups is 1. The second-order valence-electron chi connectivity index (χ2n) is 9.54. The van der Waals surface area contributed by atoms with Crippen molar-refractivity contribution in [2.45, 2.75) is 26.4 Å². The second-order valence-corrected chi connectivity index (χ2v) is 9.54. The Balaban J connectivity index is 1.54. The number of rotatable bonds is 4. The van der Waals surface area contributed by atoms with Crippen LogP contribution in [-0.2, 0) is 6.54 Å². The van der Waals surface area contributed by atoms with Gasteiger partial charge in [0.15, 0.2) is 0 Å². The molecule has 2 amide bonds. The van der Waals surface area contributed by atoms with Crippen molar-refractivity contribution in [2.24, 2.45) is 0 Å². The van der Waals surface area contributed by atoms with Crippen molar-refractivity contribution >= 4 is 11.7 Å². The first kappa shape index (κ1) is 23.6. The largest absolute Gasteiger partial charge is 0.497 e. The first-order valence-corrected chi connectivity index (χ1v) is 12.6. The molecule has 0 spiro atoms. The first-order chi connectivity index (χ1) is 18.5. The highest BCUT2D eigenvalue weighted by Gasteiger charge is 2.36. The van der Waals surface area contributed by atoms with Crippen molar-refractivity contribution in [1.29, 1.82) is 0 Å². The minimum atomic E-state index is -0.360. The number of methoxy groups -OCH3 is 1. The predicted molar refractivity (Wildman–Crippen MR) is 148 cm³/mol. The maximum absolute atomic E-state index is 14.0. The highest BCUT2D eigenvalue weighted by molar-refractivity contribution is 5.90. The van der Waals surface area contributed by atoms with E-state index < -0.39 is 0 Å². The van der Waals surface area contributed by atoms with Gasteiger partial charge >= 0.3 is 6.03 Å². The fourth-order valence-electron chi connectivity index (χ4n) is 5.23. The second kappa shape index (κ2) is 9.59. The van der Waals surface area contributed by atoms with Crippen LogP contribution in [-0.4, -0.2) is 32.4 Å². The molecule has 0 unspecified atom stereocenters. The Hall–Kier alpha value is -4.78. The zero-order valence-corrected chi connectivity index (χ0v) is 21.6. The van der Waals surface area contributed by atoms with Crippen LogP contribution in [0.5, 0.6) is 5.75 Å². The normalized spacial score (nSPS) is 14.4. The molecule has 38 heavy (non-hydrogen) atoms. The van der Waals surface area contributed by atoms with Gasteiger partial charge in [0.05, 0.1) is 36.8 Å². The summed E-state index contributed by atoms with van der Waals surface area (Å²) in [4.78, 5) is 15.9. The molecule has 3 heterocycles. The molecule has 1 aliphatic heterocycles. The fourth-order valence-corrected chi connectivity index (χ4v) is 5.23. The van der Waals surface area contributed by atoms with Crippen molar-refractivity contribution in [1.82, 2.24) is 19.2 Å². The lowest BCUT2D eigenvalue weighted by atomic mass is 10.0. The molecule has 0 saturated carbocycles. The highest BCUT2D eigenvalue weighted by atomic mass is 16.5. The summed E-state index contributed by atoms with van der Waals surface area (Å²) in [6, 6.07) is 29.4. The van der Waals surface area contributed by atoms with Gasteiger partial charge in [0.1, 0.15) is 11.6 Å². The van der Waals surface area contributed by atoms with Gasteiger partial charge < -0.3 is 19.5 Å². The quantitative estimate of drug-likeness (QED) is 0.308. The number of fused-ring (bicyclic) bond motifs is 3. The van der Waals surface area contributed by atoms with E-state index in [0.717, 1.165) is 51.0 Å². The third-order valence-electron chi connectivity index (χ3n) is 7.03. The molecule has 3 aromatic carbocycles. The number of amides is 2. The van der Waals surface area contributed by atoms with Crippen LogP contribution >= 0.6 is 0 Å². The van der Waals surface area contributed by atoms with Crippen LogP contribution in [0.25, 0.3) is 11.5 Å². The van der Waals surface area contributed by atoms with Gasteiger partial charge in [-0.3, -0.25) is 0 Å². The van der Waals surface area contributed by atoms with Crippen molar-refractivity contribution in [3.05, 3.63) is 125 Å². The minimum Gasteiger partial charge on any atom is -0.497 e. The fraction of sp³-hybridized carbons (Fsp3) is 0.161. The zero-order valence-electron chi connectivity index (χ0n) is 21.6. The van der Waals surface area contributed by atoms with Crippen molar-refractivity contribution < 1.29 is 9.53 Å². The van der Waals surface area contributed by atoms with Gasteiger partial charge in [0.25, 0.3) is 0 Å². The monoisotopic (exact) mass is 503 g/mol. The molecular weight excluding hydrogens is 474 g/mol. The summed E-state index contributed by atoms with van der Waals surface area (Å²) in [5, 5.41) is 8.05. The molecule has 2 aromatic heterocycles. The summed E-state index contributed by atoms with van der Waals surface area (Å²) in [6.45, 7) is 4.40. The van der Waals surface area contributed by atoms with Gasteiger partial charge in [-0.1, -0.05) is 42.5 Å². The van der Waals surface area contributed by atoms with E-state index >= 15 is 0 Å². The topological polar surface area (TPSA) is 64.3 Å². The SMILES string of the molecule is COc1cccc([C@H]2c3cccn3-c3c(c(C)nn3-c3ccccc3)CN2C(=O)Nc2cccc(C)c2)c1. The summed E-state index contributed by atoms with van der Waals surface area (Å²) in [6.07, 6.45) is 2.05. The molecule has 1 atom stereocenters. The lowest BCUT2D eigenvalue weighted by Crippen LogP contribution is -2.38. The van der Waals surface area contributed by atoms with E-state index in [1.54, 1.807) is 7.11 Å². The Morgan fingerprint density at radius 2 is 1.76 bits per heavy atom. The summed E-state index contributed by atoms with van der Waals surface area (Å²) in [5.41, 5.74) is 6.61. The van der Waals surface area contributed by atoms with E-state index in [4.69, 9.17) is 9.84 Å². The minimum absolute atomic E-state index is 0.184. The van der Waals surface area contributed by atoms with Gasteiger partial charge in [0.2, 0.25) is 0 Å². The number of urea groups is 1. The average Bonchev–Trinajstić information content (AvgIpc) is 3.49. The third-order valence-corrected chi connectivity index (χ3v) is 7.03. The van der Waals surface area contributed by atoms with Crippen LogP contribution in [0.1, 0.15) is 34.1 Å². The molecule has 7 heteroatoms. The standard InChI is InChI=1S/C31H29N5O2/c1-21-10-7-12-24(18-21)32-31(37)35-20-27-22(2)33-36(25-13-5-4-6-14-25)30(27)34-17-9-16-28(34)29(35)23-11-8-15-26(19-23)38-3/h4-19,29H,20H2,1-3H3,(H,32,37)/t29-/m0/s1. The van der Waals surface area contributed by atoms with Crippen molar-refractivity contribution in [3.8, 4) is 17.3 Å². The molecule has 0 fully saturated rings. The van der Waals surface area contributed by atoms with Gasteiger partial charge in [-0.15, -0.1) is 0 Å². The van der Waals surface area contributed by atoms with E-state index in [2.05, 4.69) is 16.0 Å². The Morgan fingerprint density at radius 1 is 0.947 bits per heavy atom. The molecule has 7 nitrogen and oxygen atoms in total. The number of nitrogens with zero attached hydrogens (tertiary/aromatic N) is 4.